The first-order chi connectivity index (χ1) is 8.68. The van der Waals surface area contributed by atoms with Gasteiger partial charge in [-0.05, 0) is 23.3 Å². The van der Waals surface area contributed by atoms with Crippen molar-refractivity contribution in [3.05, 3.63) is 42.0 Å². The number of rotatable bonds is 1. The van der Waals surface area contributed by atoms with Gasteiger partial charge in [0.05, 0.1) is 6.04 Å². The third-order valence-corrected chi connectivity index (χ3v) is 3.77. The van der Waals surface area contributed by atoms with E-state index in [0.29, 0.717) is 6.42 Å². The number of benzene rings is 2. The molecular weight excluding hydrogens is 226 g/mol. The number of hydrogen-bond donors (Lipinski definition) is 1. The van der Waals surface area contributed by atoms with Crippen LogP contribution >= 0.6 is 0 Å². The van der Waals surface area contributed by atoms with Crippen molar-refractivity contribution in [1.29, 1.82) is 0 Å². The first-order valence-corrected chi connectivity index (χ1v) is 6.15. The highest BCUT2D eigenvalue weighted by atomic mass is 16.3. The van der Waals surface area contributed by atoms with Crippen LogP contribution in [0.4, 0.5) is 0 Å². The fraction of sp³-hybridized carbons (Fsp3) is 0.267. The van der Waals surface area contributed by atoms with E-state index in [4.69, 9.17) is 0 Å². The maximum absolute atomic E-state index is 11.6. The van der Waals surface area contributed by atoms with Crippen LogP contribution in [0.2, 0.25) is 0 Å². The van der Waals surface area contributed by atoms with Crippen LogP contribution in [0.5, 0.6) is 5.75 Å². The largest absolute Gasteiger partial charge is 0.508 e. The molecule has 0 bridgehead atoms. The van der Waals surface area contributed by atoms with Crippen molar-refractivity contribution in [1.82, 2.24) is 4.90 Å². The molecule has 92 valence electrons. The van der Waals surface area contributed by atoms with E-state index in [0.717, 1.165) is 22.8 Å². The summed E-state index contributed by atoms with van der Waals surface area (Å²) in [5.41, 5.74) is 0.876. The molecule has 18 heavy (non-hydrogen) atoms. The van der Waals surface area contributed by atoms with E-state index in [2.05, 4.69) is 0 Å². The van der Waals surface area contributed by atoms with Gasteiger partial charge in [-0.2, -0.15) is 0 Å². The second-order valence-corrected chi connectivity index (χ2v) is 4.78. The number of phenolic OH excluding ortho intramolecular Hbond substituents is 1. The molecule has 1 aliphatic rings. The second-order valence-electron chi connectivity index (χ2n) is 4.78. The molecule has 1 amide bonds. The molecule has 3 heteroatoms. The zero-order valence-electron chi connectivity index (χ0n) is 10.3. The van der Waals surface area contributed by atoms with E-state index in [9.17, 15) is 9.90 Å². The average Bonchev–Trinajstić information content (AvgIpc) is 2.70. The monoisotopic (exact) mass is 241 g/mol. The summed E-state index contributed by atoms with van der Waals surface area (Å²) in [5.74, 6) is 0.424. The number of likely N-dealkylation sites (tertiary alicyclic amines) is 1. The van der Waals surface area contributed by atoms with Gasteiger partial charge in [0.15, 0.2) is 0 Å². The van der Waals surface area contributed by atoms with Crippen molar-refractivity contribution in [3.63, 3.8) is 0 Å². The Morgan fingerprint density at radius 1 is 1.22 bits per heavy atom. The number of carbonyl (C=O) groups excluding carboxylic acids is 1. The van der Waals surface area contributed by atoms with Gasteiger partial charge in [-0.1, -0.05) is 30.3 Å². The summed E-state index contributed by atoms with van der Waals surface area (Å²) < 4.78 is 0. The van der Waals surface area contributed by atoms with Gasteiger partial charge in [0.1, 0.15) is 5.75 Å². The van der Waals surface area contributed by atoms with Gasteiger partial charge in [0, 0.05) is 19.0 Å². The van der Waals surface area contributed by atoms with Crippen LogP contribution in [-0.2, 0) is 4.79 Å². The molecule has 1 N–H and O–H groups in total. The summed E-state index contributed by atoms with van der Waals surface area (Å²) in [6.07, 6.45) is 1.33. The van der Waals surface area contributed by atoms with Crippen molar-refractivity contribution in [2.45, 2.75) is 18.9 Å². The Bertz CT molecular complexity index is 621. The quantitative estimate of drug-likeness (QED) is 0.834. The normalized spacial score (nSPS) is 19.7. The van der Waals surface area contributed by atoms with Gasteiger partial charge in [0.2, 0.25) is 5.91 Å². The molecule has 0 spiro atoms. The van der Waals surface area contributed by atoms with Crippen LogP contribution in [-0.4, -0.2) is 23.0 Å². The lowest BCUT2D eigenvalue weighted by Gasteiger charge is -2.22. The highest BCUT2D eigenvalue weighted by Gasteiger charge is 2.31. The summed E-state index contributed by atoms with van der Waals surface area (Å²) in [6, 6.07) is 11.6. The molecule has 0 unspecified atom stereocenters. The molecule has 1 fully saturated rings. The predicted molar refractivity (Wildman–Crippen MR) is 70.4 cm³/mol. The number of hydrogen-bond acceptors (Lipinski definition) is 2. The summed E-state index contributed by atoms with van der Waals surface area (Å²) in [5, 5.41) is 12.3. The Morgan fingerprint density at radius 3 is 2.72 bits per heavy atom. The molecule has 1 atom stereocenters. The maximum atomic E-state index is 11.6. The number of fused-ring (bicyclic) bond motifs is 1. The molecule has 1 heterocycles. The van der Waals surface area contributed by atoms with Crippen molar-refractivity contribution >= 4 is 16.7 Å². The van der Waals surface area contributed by atoms with Gasteiger partial charge >= 0.3 is 0 Å². The topological polar surface area (TPSA) is 40.5 Å². The molecule has 0 aromatic heterocycles. The smallest absolute Gasteiger partial charge is 0.222 e. The molecule has 0 saturated carbocycles. The molecule has 0 aliphatic carbocycles. The van der Waals surface area contributed by atoms with Crippen LogP contribution in [0, 0.1) is 0 Å². The van der Waals surface area contributed by atoms with E-state index < -0.39 is 0 Å². The predicted octanol–water partition coefficient (Wildman–Crippen LogP) is 2.84. The van der Waals surface area contributed by atoms with Crippen molar-refractivity contribution < 1.29 is 9.90 Å². The summed E-state index contributed by atoms with van der Waals surface area (Å²) in [7, 11) is 1.81. The highest BCUT2D eigenvalue weighted by molar-refractivity contribution is 5.89. The fourth-order valence-corrected chi connectivity index (χ4v) is 2.78. The lowest BCUT2D eigenvalue weighted by atomic mass is 9.96. The third kappa shape index (κ3) is 1.55. The number of amides is 1. The minimum Gasteiger partial charge on any atom is -0.508 e. The first-order valence-electron chi connectivity index (χ1n) is 6.15. The summed E-state index contributed by atoms with van der Waals surface area (Å²) >= 11 is 0. The minimum absolute atomic E-state index is 0.0106. The Hall–Kier alpha value is -2.03. The standard InChI is InChI=1S/C15H15NO2/c1-16-12(7-9-14(16)18)15-11-5-3-2-4-10(11)6-8-13(15)17/h2-6,8,12,17H,7,9H2,1H3/t12-/m1/s1. The van der Waals surface area contributed by atoms with Gasteiger partial charge in [0.25, 0.3) is 0 Å². The highest BCUT2D eigenvalue weighted by Crippen LogP contribution is 2.40. The molecule has 2 aromatic rings. The number of aromatic hydroxyl groups is 1. The average molecular weight is 241 g/mol. The molecule has 1 aliphatic heterocycles. The maximum Gasteiger partial charge on any atom is 0.222 e. The second kappa shape index (κ2) is 4.02. The van der Waals surface area contributed by atoms with E-state index in [-0.39, 0.29) is 17.7 Å². The Kier molecular flexibility index (Phi) is 2.47. The third-order valence-electron chi connectivity index (χ3n) is 3.77. The van der Waals surface area contributed by atoms with E-state index in [1.165, 1.54) is 0 Å². The van der Waals surface area contributed by atoms with Crippen LogP contribution in [0.15, 0.2) is 36.4 Å². The van der Waals surface area contributed by atoms with Crippen molar-refractivity contribution in [2.75, 3.05) is 7.05 Å². The fourth-order valence-electron chi connectivity index (χ4n) is 2.78. The lowest BCUT2D eigenvalue weighted by molar-refractivity contribution is -0.127. The molecule has 1 saturated heterocycles. The summed E-state index contributed by atoms with van der Waals surface area (Å²) in [4.78, 5) is 13.4. The minimum atomic E-state index is -0.0106. The van der Waals surface area contributed by atoms with Gasteiger partial charge < -0.3 is 10.0 Å². The van der Waals surface area contributed by atoms with E-state index in [1.54, 1.807) is 18.0 Å². The molecule has 3 rings (SSSR count). The molecule has 2 aromatic carbocycles. The van der Waals surface area contributed by atoms with Crippen LogP contribution in [0.3, 0.4) is 0 Å². The number of carbonyl (C=O) groups is 1. The zero-order valence-corrected chi connectivity index (χ0v) is 10.3. The van der Waals surface area contributed by atoms with Crippen LogP contribution < -0.4 is 0 Å². The van der Waals surface area contributed by atoms with E-state index in [1.807, 2.05) is 30.3 Å². The van der Waals surface area contributed by atoms with Crippen molar-refractivity contribution in [3.8, 4) is 5.75 Å². The summed E-state index contributed by atoms with van der Waals surface area (Å²) in [6.45, 7) is 0. The lowest BCUT2D eigenvalue weighted by Crippen LogP contribution is -2.22. The first kappa shape index (κ1) is 11.1. The van der Waals surface area contributed by atoms with Gasteiger partial charge in [-0.15, -0.1) is 0 Å². The Balaban J connectivity index is 2.22. The number of nitrogens with zero attached hydrogens (tertiary/aromatic N) is 1. The Labute approximate surface area is 106 Å². The van der Waals surface area contributed by atoms with E-state index >= 15 is 0 Å². The Morgan fingerprint density at radius 2 is 2.00 bits per heavy atom. The molecule has 0 radical (unpaired) electrons. The van der Waals surface area contributed by atoms with Crippen LogP contribution in [0.1, 0.15) is 24.4 Å². The molecule has 3 nitrogen and oxygen atoms in total. The van der Waals surface area contributed by atoms with Gasteiger partial charge in [-0.25, -0.2) is 0 Å². The molecular formula is C15H15NO2. The number of phenols is 1. The van der Waals surface area contributed by atoms with Crippen molar-refractivity contribution in [2.24, 2.45) is 0 Å². The van der Waals surface area contributed by atoms with Gasteiger partial charge in [-0.3, -0.25) is 4.79 Å². The van der Waals surface area contributed by atoms with Crippen LogP contribution in [0.25, 0.3) is 10.8 Å². The zero-order chi connectivity index (χ0) is 12.7. The SMILES string of the molecule is CN1C(=O)CC[C@@H]1c1c(O)ccc2ccccc12.